The highest BCUT2D eigenvalue weighted by Crippen LogP contribution is 2.28. The van der Waals surface area contributed by atoms with Gasteiger partial charge in [-0.2, -0.15) is 5.26 Å². The number of rotatable bonds is 1. The Morgan fingerprint density at radius 2 is 2.15 bits per heavy atom. The zero-order chi connectivity index (χ0) is 9.26. The van der Waals surface area contributed by atoms with Gasteiger partial charge in [-0.1, -0.05) is 34.1 Å². The monoisotopic (exact) mass is 234 g/mol. The third-order valence-corrected chi connectivity index (χ3v) is 2.71. The van der Waals surface area contributed by atoms with E-state index in [0.29, 0.717) is 0 Å². The SMILES string of the molecule is N#CC(Br)c1c[nH]c2ccccc12. The number of hydrogen-bond acceptors (Lipinski definition) is 1. The van der Waals surface area contributed by atoms with Crippen molar-refractivity contribution in [1.82, 2.24) is 4.98 Å². The molecule has 0 aliphatic rings. The van der Waals surface area contributed by atoms with Gasteiger partial charge in [-0.3, -0.25) is 0 Å². The van der Waals surface area contributed by atoms with Crippen LogP contribution < -0.4 is 0 Å². The summed E-state index contributed by atoms with van der Waals surface area (Å²) >= 11 is 3.30. The van der Waals surface area contributed by atoms with Crippen molar-refractivity contribution in [1.29, 1.82) is 5.26 Å². The normalized spacial score (nSPS) is 12.6. The van der Waals surface area contributed by atoms with Crippen molar-refractivity contribution in [2.24, 2.45) is 0 Å². The van der Waals surface area contributed by atoms with E-state index in [9.17, 15) is 0 Å². The lowest BCUT2D eigenvalue weighted by Crippen LogP contribution is -1.81. The van der Waals surface area contributed by atoms with E-state index >= 15 is 0 Å². The molecule has 0 radical (unpaired) electrons. The van der Waals surface area contributed by atoms with Crippen LogP contribution in [0.4, 0.5) is 0 Å². The van der Waals surface area contributed by atoms with E-state index in [-0.39, 0.29) is 4.83 Å². The minimum absolute atomic E-state index is 0.233. The fraction of sp³-hybridized carbons (Fsp3) is 0.100. The maximum atomic E-state index is 8.76. The van der Waals surface area contributed by atoms with Gasteiger partial charge in [0.05, 0.1) is 6.07 Å². The topological polar surface area (TPSA) is 39.6 Å². The quantitative estimate of drug-likeness (QED) is 0.757. The maximum Gasteiger partial charge on any atom is 0.128 e. The standard InChI is InChI=1S/C10H7BrN2/c11-9(5-12)8-6-13-10-4-2-1-3-7(8)10/h1-4,6,9,13H. The molecule has 0 amide bonds. The van der Waals surface area contributed by atoms with Crippen LogP contribution in [-0.4, -0.2) is 4.98 Å². The Bertz CT molecular complexity index is 467. The molecule has 2 rings (SSSR count). The van der Waals surface area contributed by atoms with Gasteiger partial charge >= 0.3 is 0 Å². The first kappa shape index (κ1) is 8.33. The van der Waals surface area contributed by atoms with Gasteiger partial charge in [0, 0.05) is 22.7 Å². The summed E-state index contributed by atoms with van der Waals surface area (Å²) in [6.45, 7) is 0. The summed E-state index contributed by atoms with van der Waals surface area (Å²) in [5.74, 6) is 0. The first-order valence-corrected chi connectivity index (χ1v) is 4.84. The first-order chi connectivity index (χ1) is 6.33. The molecule has 0 saturated heterocycles. The Morgan fingerprint density at radius 1 is 1.38 bits per heavy atom. The maximum absolute atomic E-state index is 8.76. The fourth-order valence-corrected chi connectivity index (χ4v) is 1.75. The van der Waals surface area contributed by atoms with Crippen molar-refractivity contribution < 1.29 is 0 Å². The average Bonchev–Trinajstić information content (AvgIpc) is 2.60. The lowest BCUT2D eigenvalue weighted by Gasteiger charge is -1.96. The predicted molar refractivity (Wildman–Crippen MR) is 55.6 cm³/mol. The van der Waals surface area contributed by atoms with Crippen LogP contribution in [0.5, 0.6) is 0 Å². The van der Waals surface area contributed by atoms with Crippen LogP contribution in [0, 0.1) is 11.3 Å². The summed E-state index contributed by atoms with van der Waals surface area (Å²) in [7, 11) is 0. The highest BCUT2D eigenvalue weighted by molar-refractivity contribution is 9.09. The molecule has 3 heteroatoms. The summed E-state index contributed by atoms with van der Waals surface area (Å²) < 4.78 is 0. The van der Waals surface area contributed by atoms with Gasteiger partial charge in [-0.15, -0.1) is 0 Å². The number of aromatic nitrogens is 1. The minimum atomic E-state index is -0.233. The number of H-pyrrole nitrogens is 1. The number of halogens is 1. The van der Waals surface area contributed by atoms with Crippen molar-refractivity contribution in [3.8, 4) is 6.07 Å². The number of nitriles is 1. The highest BCUT2D eigenvalue weighted by atomic mass is 79.9. The molecular weight excluding hydrogens is 228 g/mol. The predicted octanol–water partition coefficient (Wildman–Crippen LogP) is 3.13. The zero-order valence-corrected chi connectivity index (χ0v) is 8.38. The van der Waals surface area contributed by atoms with Gasteiger partial charge in [-0.05, 0) is 6.07 Å². The van der Waals surface area contributed by atoms with E-state index in [1.807, 2.05) is 30.5 Å². The molecule has 0 fully saturated rings. The van der Waals surface area contributed by atoms with E-state index in [0.717, 1.165) is 16.5 Å². The third kappa shape index (κ3) is 1.34. The molecule has 13 heavy (non-hydrogen) atoms. The molecule has 1 N–H and O–H groups in total. The molecule has 2 aromatic rings. The minimum Gasteiger partial charge on any atom is -0.361 e. The van der Waals surface area contributed by atoms with Crippen LogP contribution in [0.2, 0.25) is 0 Å². The number of nitrogens with one attached hydrogen (secondary N) is 1. The van der Waals surface area contributed by atoms with E-state index in [4.69, 9.17) is 5.26 Å². The molecule has 1 atom stereocenters. The number of para-hydroxylation sites is 1. The molecule has 2 nitrogen and oxygen atoms in total. The van der Waals surface area contributed by atoms with Gasteiger partial charge in [0.15, 0.2) is 0 Å². The second kappa shape index (κ2) is 3.23. The molecule has 0 aliphatic carbocycles. The number of aromatic amines is 1. The van der Waals surface area contributed by atoms with Crippen molar-refractivity contribution in [3.63, 3.8) is 0 Å². The summed E-state index contributed by atoms with van der Waals surface area (Å²) in [5.41, 5.74) is 2.07. The average molecular weight is 235 g/mol. The molecule has 64 valence electrons. The Balaban J connectivity index is 2.66. The number of nitrogens with zero attached hydrogens (tertiary/aromatic N) is 1. The number of hydrogen-bond donors (Lipinski definition) is 1. The molecule has 1 heterocycles. The van der Waals surface area contributed by atoms with Gasteiger partial charge in [-0.25, -0.2) is 0 Å². The summed E-state index contributed by atoms with van der Waals surface area (Å²) in [4.78, 5) is 2.89. The highest BCUT2D eigenvalue weighted by Gasteiger charge is 2.10. The number of alkyl halides is 1. The molecular formula is C10H7BrN2. The van der Waals surface area contributed by atoms with Gasteiger partial charge in [0.2, 0.25) is 0 Å². The number of benzene rings is 1. The van der Waals surface area contributed by atoms with Crippen LogP contribution in [0.3, 0.4) is 0 Å². The Kier molecular flexibility index (Phi) is 2.07. The molecule has 1 aromatic carbocycles. The first-order valence-electron chi connectivity index (χ1n) is 3.92. The lowest BCUT2D eigenvalue weighted by molar-refractivity contribution is 1.26. The Labute approximate surface area is 84.3 Å². The zero-order valence-electron chi connectivity index (χ0n) is 6.79. The van der Waals surface area contributed by atoms with Crippen LogP contribution in [0.25, 0.3) is 10.9 Å². The Morgan fingerprint density at radius 3 is 2.92 bits per heavy atom. The van der Waals surface area contributed by atoms with Crippen molar-refractivity contribution in [2.75, 3.05) is 0 Å². The van der Waals surface area contributed by atoms with Gasteiger partial charge < -0.3 is 4.98 Å². The third-order valence-electron chi connectivity index (χ3n) is 2.01. The van der Waals surface area contributed by atoms with Crippen LogP contribution >= 0.6 is 15.9 Å². The molecule has 0 aliphatic heterocycles. The van der Waals surface area contributed by atoms with Gasteiger partial charge in [0.25, 0.3) is 0 Å². The van der Waals surface area contributed by atoms with Gasteiger partial charge in [0.1, 0.15) is 4.83 Å². The fourth-order valence-electron chi connectivity index (χ4n) is 1.37. The lowest BCUT2D eigenvalue weighted by atomic mass is 10.1. The van der Waals surface area contributed by atoms with E-state index in [1.54, 1.807) is 0 Å². The second-order valence-corrected chi connectivity index (χ2v) is 3.70. The molecule has 0 bridgehead atoms. The van der Waals surface area contributed by atoms with E-state index < -0.39 is 0 Å². The van der Waals surface area contributed by atoms with Crippen LogP contribution in [0.15, 0.2) is 30.5 Å². The van der Waals surface area contributed by atoms with E-state index in [2.05, 4.69) is 27.0 Å². The molecule has 0 spiro atoms. The van der Waals surface area contributed by atoms with Crippen LogP contribution in [-0.2, 0) is 0 Å². The molecule has 1 unspecified atom stereocenters. The van der Waals surface area contributed by atoms with E-state index in [1.165, 1.54) is 0 Å². The molecule has 0 saturated carbocycles. The van der Waals surface area contributed by atoms with Crippen molar-refractivity contribution in [3.05, 3.63) is 36.0 Å². The molecule has 1 aromatic heterocycles. The van der Waals surface area contributed by atoms with Crippen LogP contribution in [0.1, 0.15) is 10.4 Å². The summed E-state index contributed by atoms with van der Waals surface area (Å²) in [5, 5.41) is 9.86. The smallest absolute Gasteiger partial charge is 0.128 e. The largest absolute Gasteiger partial charge is 0.361 e. The van der Waals surface area contributed by atoms with Crippen molar-refractivity contribution in [2.45, 2.75) is 4.83 Å². The summed E-state index contributed by atoms with van der Waals surface area (Å²) in [6, 6.07) is 10.1. The Hall–Kier alpha value is -1.27. The second-order valence-electron chi connectivity index (χ2n) is 2.78. The summed E-state index contributed by atoms with van der Waals surface area (Å²) in [6.07, 6.45) is 1.87. The number of fused-ring (bicyclic) bond motifs is 1. The van der Waals surface area contributed by atoms with Crippen molar-refractivity contribution >= 4 is 26.8 Å².